The van der Waals surface area contributed by atoms with E-state index < -0.39 is 0 Å². The first kappa shape index (κ1) is 10.4. The molecule has 2 nitrogen and oxygen atoms in total. The van der Waals surface area contributed by atoms with Crippen molar-refractivity contribution >= 4 is 11.6 Å². The second-order valence-electron chi connectivity index (χ2n) is 2.93. The highest BCUT2D eigenvalue weighted by Gasteiger charge is 1.99. The van der Waals surface area contributed by atoms with Crippen molar-refractivity contribution in [2.75, 3.05) is 6.61 Å². The smallest absolute Gasteiger partial charge is 0.119 e. The van der Waals surface area contributed by atoms with Crippen molar-refractivity contribution < 1.29 is 4.74 Å². The Morgan fingerprint density at radius 2 is 2.00 bits per heavy atom. The molecule has 1 atom stereocenters. The Morgan fingerprint density at radius 3 is 2.54 bits per heavy atom. The Labute approximate surface area is 83.6 Å². The fraction of sp³-hybridized carbons (Fsp3) is 0.400. The van der Waals surface area contributed by atoms with E-state index in [1.54, 1.807) is 12.1 Å². The van der Waals surface area contributed by atoms with Crippen LogP contribution in [0.2, 0.25) is 5.02 Å². The molecule has 0 aliphatic carbocycles. The van der Waals surface area contributed by atoms with Crippen molar-refractivity contribution in [2.24, 2.45) is 5.73 Å². The van der Waals surface area contributed by atoms with Gasteiger partial charge in [-0.1, -0.05) is 18.5 Å². The van der Waals surface area contributed by atoms with Crippen LogP contribution < -0.4 is 10.5 Å². The van der Waals surface area contributed by atoms with Gasteiger partial charge in [-0.25, -0.2) is 0 Å². The molecule has 0 fully saturated rings. The third-order valence-corrected chi connectivity index (χ3v) is 2.05. The molecule has 13 heavy (non-hydrogen) atoms. The third-order valence-electron chi connectivity index (χ3n) is 1.80. The molecule has 0 spiro atoms. The molecule has 1 aromatic rings. The van der Waals surface area contributed by atoms with Crippen LogP contribution in [0.25, 0.3) is 0 Å². The maximum absolute atomic E-state index is 5.72. The van der Waals surface area contributed by atoms with Crippen LogP contribution in [0.1, 0.15) is 13.3 Å². The van der Waals surface area contributed by atoms with Gasteiger partial charge in [0.15, 0.2) is 0 Å². The second kappa shape index (κ2) is 5.10. The van der Waals surface area contributed by atoms with Crippen molar-refractivity contribution in [3.05, 3.63) is 29.3 Å². The monoisotopic (exact) mass is 199 g/mol. The van der Waals surface area contributed by atoms with E-state index in [9.17, 15) is 0 Å². The van der Waals surface area contributed by atoms with Crippen LogP contribution in [-0.2, 0) is 0 Å². The predicted molar refractivity (Wildman–Crippen MR) is 55.2 cm³/mol. The van der Waals surface area contributed by atoms with Crippen molar-refractivity contribution in [3.63, 3.8) is 0 Å². The van der Waals surface area contributed by atoms with Crippen molar-refractivity contribution in [3.8, 4) is 5.75 Å². The molecular formula is C10H14ClNO. The summed E-state index contributed by atoms with van der Waals surface area (Å²) < 4.78 is 5.43. The average Bonchev–Trinajstić information content (AvgIpc) is 2.16. The molecule has 0 heterocycles. The predicted octanol–water partition coefficient (Wildman–Crippen LogP) is 2.46. The molecule has 1 unspecified atom stereocenters. The summed E-state index contributed by atoms with van der Waals surface area (Å²) in [6, 6.07) is 7.38. The number of halogens is 1. The van der Waals surface area contributed by atoms with Gasteiger partial charge in [0.05, 0.1) is 0 Å². The van der Waals surface area contributed by atoms with Crippen molar-refractivity contribution in [2.45, 2.75) is 19.4 Å². The molecule has 0 aliphatic heterocycles. The number of ether oxygens (including phenoxy) is 1. The van der Waals surface area contributed by atoms with Gasteiger partial charge in [0.25, 0.3) is 0 Å². The molecule has 0 aliphatic rings. The molecule has 0 saturated carbocycles. The van der Waals surface area contributed by atoms with E-state index in [0.29, 0.717) is 11.6 Å². The van der Waals surface area contributed by atoms with Crippen molar-refractivity contribution in [1.29, 1.82) is 0 Å². The first-order chi connectivity index (χ1) is 6.22. The summed E-state index contributed by atoms with van der Waals surface area (Å²) in [5.74, 6) is 0.813. The van der Waals surface area contributed by atoms with E-state index >= 15 is 0 Å². The maximum atomic E-state index is 5.72. The van der Waals surface area contributed by atoms with Crippen LogP contribution in [0.15, 0.2) is 24.3 Å². The van der Waals surface area contributed by atoms with E-state index in [1.165, 1.54) is 0 Å². The quantitative estimate of drug-likeness (QED) is 0.809. The highest BCUT2D eigenvalue weighted by atomic mass is 35.5. The Morgan fingerprint density at radius 1 is 1.38 bits per heavy atom. The number of nitrogens with two attached hydrogens (primary N) is 1. The Bertz CT molecular complexity index is 248. The fourth-order valence-electron chi connectivity index (χ4n) is 0.852. The largest absolute Gasteiger partial charge is 0.492 e. The molecule has 1 rings (SSSR count). The zero-order valence-corrected chi connectivity index (χ0v) is 8.42. The highest BCUT2D eigenvalue weighted by molar-refractivity contribution is 6.30. The van der Waals surface area contributed by atoms with E-state index in [1.807, 2.05) is 19.1 Å². The fourth-order valence-corrected chi connectivity index (χ4v) is 0.978. The van der Waals surface area contributed by atoms with Crippen LogP contribution in [0.5, 0.6) is 5.75 Å². The van der Waals surface area contributed by atoms with Crippen LogP contribution in [-0.4, -0.2) is 12.6 Å². The first-order valence-corrected chi connectivity index (χ1v) is 4.74. The van der Waals surface area contributed by atoms with Gasteiger partial charge in [0, 0.05) is 11.1 Å². The van der Waals surface area contributed by atoms with Crippen LogP contribution in [0.4, 0.5) is 0 Å². The molecule has 0 radical (unpaired) electrons. The summed E-state index contributed by atoms with van der Waals surface area (Å²) in [6.45, 7) is 2.59. The summed E-state index contributed by atoms with van der Waals surface area (Å²) in [7, 11) is 0. The number of hydrogen-bond donors (Lipinski definition) is 1. The summed E-state index contributed by atoms with van der Waals surface area (Å²) in [5.41, 5.74) is 5.70. The number of benzene rings is 1. The second-order valence-corrected chi connectivity index (χ2v) is 3.37. The number of rotatable bonds is 4. The molecule has 0 amide bonds. The van der Waals surface area contributed by atoms with Crippen LogP contribution in [0.3, 0.4) is 0 Å². The van der Waals surface area contributed by atoms with E-state index in [-0.39, 0.29) is 6.04 Å². The molecule has 1 aromatic carbocycles. The van der Waals surface area contributed by atoms with Gasteiger partial charge in [0.2, 0.25) is 0 Å². The minimum Gasteiger partial charge on any atom is -0.492 e. The zero-order chi connectivity index (χ0) is 9.68. The standard InChI is InChI=1S/C10H14ClNO/c1-2-9(12)7-13-10-5-3-8(11)4-6-10/h3-6,9H,2,7,12H2,1H3. The molecule has 0 saturated heterocycles. The third kappa shape index (κ3) is 3.66. The van der Waals surface area contributed by atoms with E-state index in [2.05, 4.69) is 0 Å². The zero-order valence-electron chi connectivity index (χ0n) is 7.66. The van der Waals surface area contributed by atoms with Crippen LogP contribution >= 0.6 is 11.6 Å². The lowest BCUT2D eigenvalue weighted by Gasteiger charge is -2.10. The summed E-state index contributed by atoms with van der Waals surface area (Å²) in [5, 5.41) is 0.715. The van der Waals surface area contributed by atoms with Gasteiger partial charge < -0.3 is 10.5 Å². The summed E-state index contributed by atoms with van der Waals surface area (Å²) >= 11 is 5.72. The van der Waals surface area contributed by atoms with Crippen molar-refractivity contribution in [1.82, 2.24) is 0 Å². The Balaban J connectivity index is 2.41. The number of hydrogen-bond acceptors (Lipinski definition) is 2. The summed E-state index contributed by atoms with van der Waals surface area (Å²) in [4.78, 5) is 0. The maximum Gasteiger partial charge on any atom is 0.119 e. The SMILES string of the molecule is CCC(N)COc1ccc(Cl)cc1. The van der Waals surface area contributed by atoms with Gasteiger partial charge in [-0.05, 0) is 30.7 Å². The lowest BCUT2D eigenvalue weighted by atomic mass is 10.2. The lowest BCUT2D eigenvalue weighted by Crippen LogP contribution is -2.26. The minimum absolute atomic E-state index is 0.107. The molecule has 3 heteroatoms. The van der Waals surface area contributed by atoms with Gasteiger partial charge >= 0.3 is 0 Å². The lowest BCUT2D eigenvalue weighted by molar-refractivity contribution is 0.285. The minimum atomic E-state index is 0.107. The normalized spacial score (nSPS) is 12.5. The first-order valence-electron chi connectivity index (χ1n) is 4.36. The molecule has 2 N–H and O–H groups in total. The topological polar surface area (TPSA) is 35.2 Å². The highest BCUT2D eigenvalue weighted by Crippen LogP contribution is 2.15. The van der Waals surface area contributed by atoms with E-state index in [0.717, 1.165) is 12.2 Å². The summed E-state index contributed by atoms with van der Waals surface area (Å²) in [6.07, 6.45) is 0.924. The molecule has 72 valence electrons. The Kier molecular flexibility index (Phi) is 4.06. The Hall–Kier alpha value is -0.730. The van der Waals surface area contributed by atoms with Gasteiger partial charge in [-0.2, -0.15) is 0 Å². The van der Waals surface area contributed by atoms with E-state index in [4.69, 9.17) is 22.1 Å². The molecular weight excluding hydrogens is 186 g/mol. The molecule has 0 bridgehead atoms. The average molecular weight is 200 g/mol. The van der Waals surface area contributed by atoms with Gasteiger partial charge in [-0.15, -0.1) is 0 Å². The molecule has 0 aromatic heterocycles. The van der Waals surface area contributed by atoms with Gasteiger partial charge in [-0.3, -0.25) is 0 Å². The van der Waals surface area contributed by atoms with Gasteiger partial charge in [0.1, 0.15) is 12.4 Å². The van der Waals surface area contributed by atoms with Crippen LogP contribution in [0, 0.1) is 0 Å².